The summed E-state index contributed by atoms with van der Waals surface area (Å²) in [6.07, 6.45) is 10.6. The number of nitrogens with zero attached hydrogens (tertiary/aromatic N) is 2. The van der Waals surface area contributed by atoms with E-state index in [1.54, 1.807) is 22.6 Å². The summed E-state index contributed by atoms with van der Waals surface area (Å²) in [5, 5.41) is 3.38. The third-order valence-corrected chi connectivity index (χ3v) is 5.18. The fraction of sp³-hybridized carbons (Fsp3) is 0.600. The molecule has 3 rings (SSSR count). The molecule has 1 fully saturated rings. The quantitative estimate of drug-likeness (QED) is 0.600. The molecule has 0 aromatic carbocycles. The highest BCUT2D eigenvalue weighted by Crippen LogP contribution is 2.19. The molecule has 2 aliphatic rings. The van der Waals surface area contributed by atoms with E-state index >= 15 is 0 Å². The van der Waals surface area contributed by atoms with Crippen LogP contribution < -0.4 is 5.32 Å². The van der Waals surface area contributed by atoms with Gasteiger partial charge in [-0.05, 0) is 50.8 Å². The van der Waals surface area contributed by atoms with Gasteiger partial charge >= 0.3 is 0 Å². The van der Waals surface area contributed by atoms with E-state index in [0.717, 1.165) is 19.5 Å². The number of piperazine rings is 1. The van der Waals surface area contributed by atoms with Crippen molar-refractivity contribution in [1.82, 2.24) is 15.1 Å². The first-order chi connectivity index (χ1) is 12.7. The molecule has 0 bridgehead atoms. The fourth-order valence-corrected chi connectivity index (χ4v) is 3.57. The number of nitrogens with one attached hydrogen (secondary N) is 1. The summed E-state index contributed by atoms with van der Waals surface area (Å²) >= 11 is 0. The number of furan rings is 1. The van der Waals surface area contributed by atoms with Crippen LogP contribution in [-0.4, -0.2) is 60.9 Å². The molecule has 0 atom stereocenters. The predicted octanol–water partition coefficient (Wildman–Crippen LogP) is 2.43. The Morgan fingerprint density at radius 3 is 2.58 bits per heavy atom. The van der Waals surface area contributed by atoms with Crippen LogP contribution in [0, 0.1) is 0 Å². The van der Waals surface area contributed by atoms with Crippen LogP contribution in [0.3, 0.4) is 0 Å². The first-order valence-corrected chi connectivity index (χ1v) is 9.73. The van der Waals surface area contributed by atoms with Crippen molar-refractivity contribution in [3.8, 4) is 0 Å². The third-order valence-electron chi connectivity index (χ3n) is 5.18. The summed E-state index contributed by atoms with van der Waals surface area (Å²) in [5.74, 6) is 0.433. The number of allylic oxidation sites excluding steroid dienone is 1. The van der Waals surface area contributed by atoms with Gasteiger partial charge in [-0.25, -0.2) is 0 Å². The zero-order chi connectivity index (χ0) is 18.2. The SMILES string of the molecule is O=C(CCNCCC1=CCCCC1)N1CCN(C(=O)c2ccco2)CC1. The number of rotatable bonds is 7. The molecule has 1 aromatic rings. The van der Waals surface area contributed by atoms with Crippen LogP contribution in [0.5, 0.6) is 0 Å². The van der Waals surface area contributed by atoms with Crippen molar-refractivity contribution in [3.63, 3.8) is 0 Å². The standard InChI is InChI=1S/C20H29N3O3/c24-19(9-11-21-10-8-17-5-2-1-3-6-17)22-12-14-23(15-13-22)20(25)18-7-4-16-26-18/h4-5,7,16,21H,1-3,6,8-15H2. The average molecular weight is 359 g/mol. The molecule has 1 aliphatic carbocycles. The summed E-state index contributed by atoms with van der Waals surface area (Å²) in [7, 11) is 0. The Bertz CT molecular complexity index is 616. The van der Waals surface area contributed by atoms with E-state index in [4.69, 9.17) is 4.42 Å². The minimum absolute atomic E-state index is 0.0965. The lowest BCUT2D eigenvalue weighted by Crippen LogP contribution is -2.50. The number of hydrogen-bond donors (Lipinski definition) is 1. The molecule has 1 N–H and O–H groups in total. The highest BCUT2D eigenvalue weighted by atomic mass is 16.3. The third kappa shape index (κ3) is 5.21. The molecule has 2 heterocycles. The van der Waals surface area contributed by atoms with Crippen molar-refractivity contribution in [1.29, 1.82) is 0 Å². The maximum absolute atomic E-state index is 12.3. The molecular weight excluding hydrogens is 330 g/mol. The Kier molecular flexibility index (Phi) is 6.89. The minimum Gasteiger partial charge on any atom is -0.459 e. The Balaban J connectivity index is 1.30. The molecule has 0 spiro atoms. The van der Waals surface area contributed by atoms with Gasteiger partial charge in [0.15, 0.2) is 5.76 Å². The van der Waals surface area contributed by atoms with E-state index in [0.29, 0.717) is 38.4 Å². The molecule has 6 nitrogen and oxygen atoms in total. The lowest BCUT2D eigenvalue weighted by molar-refractivity contribution is -0.132. The van der Waals surface area contributed by atoms with Gasteiger partial charge in [-0.1, -0.05) is 11.6 Å². The minimum atomic E-state index is -0.0965. The normalized spacial score (nSPS) is 17.9. The van der Waals surface area contributed by atoms with Crippen LogP contribution in [-0.2, 0) is 4.79 Å². The van der Waals surface area contributed by atoms with Gasteiger partial charge in [0, 0.05) is 39.1 Å². The Morgan fingerprint density at radius 2 is 1.88 bits per heavy atom. The van der Waals surface area contributed by atoms with Crippen molar-refractivity contribution in [2.24, 2.45) is 0 Å². The summed E-state index contributed by atoms with van der Waals surface area (Å²) in [6.45, 7) is 3.98. The van der Waals surface area contributed by atoms with Crippen LogP contribution in [0.15, 0.2) is 34.5 Å². The van der Waals surface area contributed by atoms with Gasteiger partial charge < -0.3 is 19.5 Å². The van der Waals surface area contributed by atoms with Gasteiger partial charge in [0.1, 0.15) is 0 Å². The number of amides is 2. The van der Waals surface area contributed by atoms with E-state index in [1.807, 2.05) is 4.90 Å². The molecule has 6 heteroatoms. The van der Waals surface area contributed by atoms with Crippen LogP contribution in [0.2, 0.25) is 0 Å². The van der Waals surface area contributed by atoms with Gasteiger partial charge in [0.05, 0.1) is 6.26 Å². The van der Waals surface area contributed by atoms with E-state index in [-0.39, 0.29) is 11.8 Å². The number of carbonyl (C=O) groups is 2. The Hall–Kier alpha value is -2.08. The lowest BCUT2D eigenvalue weighted by Gasteiger charge is -2.34. The zero-order valence-corrected chi connectivity index (χ0v) is 15.4. The summed E-state index contributed by atoms with van der Waals surface area (Å²) < 4.78 is 5.16. The van der Waals surface area contributed by atoms with Crippen LogP contribution >= 0.6 is 0 Å². The fourth-order valence-electron chi connectivity index (χ4n) is 3.57. The molecule has 0 radical (unpaired) electrons. The van der Waals surface area contributed by atoms with Gasteiger partial charge in [-0.2, -0.15) is 0 Å². The van der Waals surface area contributed by atoms with Crippen molar-refractivity contribution in [3.05, 3.63) is 35.8 Å². The molecule has 1 saturated heterocycles. The van der Waals surface area contributed by atoms with Crippen molar-refractivity contribution in [2.45, 2.75) is 38.5 Å². The predicted molar refractivity (Wildman–Crippen MR) is 99.8 cm³/mol. The van der Waals surface area contributed by atoms with Crippen LogP contribution in [0.1, 0.15) is 49.1 Å². The van der Waals surface area contributed by atoms with Gasteiger partial charge in [-0.3, -0.25) is 9.59 Å². The molecule has 1 aliphatic heterocycles. The van der Waals surface area contributed by atoms with Crippen LogP contribution in [0.25, 0.3) is 0 Å². The van der Waals surface area contributed by atoms with Gasteiger partial charge in [0.2, 0.25) is 5.91 Å². The van der Waals surface area contributed by atoms with Crippen molar-refractivity contribution >= 4 is 11.8 Å². The second kappa shape index (κ2) is 9.57. The smallest absolute Gasteiger partial charge is 0.289 e. The monoisotopic (exact) mass is 359 g/mol. The highest BCUT2D eigenvalue weighted by molar-refractivity contribution is 5.91. The highest BCUT2D eigenvalue weighted by Gasteiger charge is 2.25. The van der Waals surface area contributed by atoms with Gasteiger partial charge in [-0.15, -0.1) is 0 Å². The Morgan fingerprint density at radius 1 is 1.08 bits per heavy atom. The summed E-state index contributed by atoms with van der Waals surface area (Å²) in [5.41, 5.74) is 1.56. The molecule has 2 amide bonds. The number of carbonyl (C=O) groups excluding carboxylic acids is 2. The molecule has 142 valence electrons. The van der Waals surface area contributed by atoms with E-state index in [1.165, 1.54) is 31.9 Å². The maximum Gasteiger partial charge on any atom is 0.289 e. The molecule has 0 saturated carbocycles. The van der Waals surface area contributed by atoms with E-state index in [2.05, 4.69) is 11.4 Å². The molecule has 26 heavy (non-hydrogen) atoms. The summed E-state index contributed by atoms with van der Waals surface area (Å²) in [4.78, 5) is 28.2. The first-order valence-electron chi connectivity index (χ1n) is 9.73. The maximum atomic E-state index is 12.3. The van der Waals surface area contributed by atoms with Gasteiger partial charge in [0.25, 0.3) is 5.91 Å². The molecule has 1 aromatic heterocycles. The first kappa shape index (κ1) is 18.7. The summed E-state index contributed by atoms with van der Waals surface area (Å²) in [6, 6.07) is 3.39. The second-order valence-electron chi connectivity index (χ2n) is 7.01. The largest absolute Gasteiger partial charge is 0.459 e. The molecular formula is C20H29N3O3. The van der Waals surface area contributed by atoms with Crippen molar-refractivity contribution in [2.75, 3.05) is 39.3 Å². The van der Waals surface area contributed by atoms with Crippen molar-refractivity contribution < 1.29 is 14.0 Å². The zero-order valence-electron chi connectivity index (χ0n) is 15.4. The molecule has 0 unspecified atom stereocenters. The second-order valence-corrected chi connectivity index (χ2v) is 7.01. The van der Waals surface area contributed by atoms with E-state index < -0.39 is 0 Å². The topological polar surface area (TPSA) is 65.8 Å². The van der Waals surface area contributed by atoms with Crippen LogP contribution in [0.4, 0.5) is 0 Å². The Labute approximate surface area is 155 Å². The number of hydrogen-bond acceptors (Lipinski definition) is 4. The lowest BCUT2D eigenvalue weighted by atomic mass is 9.97. The average Bonchev–Trinajstić information content (AvgIpc) is 3.23. The van der Waals surface area contributed by atoms with E-state index in [9.17, 15) is 9.59 Å².